The van der Waals surface area contributed by atoms with Gasteiger partial charge in [0.05, 0.1) is 10.6 Å². The average Bonchev–Trinajstić information content (AvgIpc) is 2.66. The molecule has 146 valence electrons. The number of benzene rings is 2. The number of rotatable bonds is 9. The molecule has 0 heterocycles. The van der Waals surface area contributed by atoms with E-state index in [1.807, 2.05) is 38.1 Å². The van der Waals surface area contributed by atoms with Crippen LogP contribution in [0.4, 0.5) is 5.69 Å². The predicted molar refractivity (Wildman–Crippen MR) is 108 cm³/mol. The Bertz CT molecular complexity index is 852. The van der Waals surface area contributed by atoms with E-state index >= 15 is 0 Å². The number of carbonyl (C=O) groups is 1. The van der Waals surface area contributed by atoms with Gasteiger partial charge < -0.3 is 10.2 Å². The summed E-state index contributed by atoms with van der Waals surface area (Å²) in [6, 6.07) is 15.5. The van der Waals surface area contributed by atoms with Gasteiger partial charge >= 0.3 is 0 Å². The lowest BCUT2D eigenvalue weighted by molar-refractivity contribution is -0.119. The third-order valence-electron chi connectivity index (χ3n) is 4.14. The zero-order valence-electron chi connectivity index (χ0n) is 16.1. The molecular formula is C20H27N3O3S. The lowest BCUT2D eigenvalue weighted by Gasteiger charge is -2.26. The van der Waals surface area contributed by atoms with Crippen molar-refractivity contribution in [3.8, 4) is 0 Å². The normalized spacial score (nSPS) is 11.4. The first-order chi connectivity index (χ1) is 12.9. The van der Waals surface area contributed by atoms with Gasteiger partial charge in [-0.2, -0.15) is 0 Å². The molecule has 0 unspecified atom stereocenters. The maximum absolute atomic E-state index is 13.3. The van der Waals surface area contributed by atoms with Crippen LogP contribution in [0.3, 0.4) is 0 Å². The number of hydrogen-bond donors (Lipinski definition) is 1. The molecule has 7 heteroatoms. The Kier molecular flexibility index (Phi) is 7.38. The van der Waals surface area contributed by atoms with Crippen molar-refractivity contribution < 1.29 is 13.2 Å². The smallest absolute Gasteiger partial charge is 0.264 e. The molecule has 0 saturated heterocycles. The van der Waals surface area contributed by atoms with Crippen LogP contribution in [0.25, 0.3) is 0 Å². The van der Waals surface area contributed by atoms with Crippen LogP contribution in [-0.2, 0) is 21.2 Å². The maximum atomic E-state index is 13.3. The maximum Gasteiger partial charge on any atom is 0.264 e. The summed E-state index contributed by atoms with van der Waals surface area (Å²) in [6.45, 7) is 2.84. The number of likely N-dealkylation sites (N-methyl/N-ethyl adjacent to an activating group) is 1. The Morgan fingerprint density at radius 2 is 1.63 bits per heavy atom. The summed E-state index contributed by atoms with van der Waals surface area (Å²) < 4.78 is 27.7. The number of hydrogen-bond acceptors (Lipinski definition) is 4. The highest BCUT2D eigenvalue weighted by Gasteiger charge is 2.28. The zero-order valence-corrected chi connectivity index (χ0v) is 16.9. The number of anilines is 1. The van der Waals surface area contributed by atoms with Crippen LogP contribution >= 0.6 is 0 Å². The third-order valence-corrected chi connectivity index (χ3v) is 5.91. The fourth-order valence-electron chi connectivity index (χ4n) is 2.68. The predicted octanol–water partition coefficient (Wildman–Crippen LogP) is 2.12. The molecule has 2 aromatic carbocycles. The average molecular weight is 390 g/mol. The molecule has 2 rings (SSSR count). The van der Waals surface area contributed by atoms with Gasteiger partial charge in [-0.05, 0) is 44.3 Å². The van der Waals surface area contributed by atoms with Gasteiger partial charge in [0.25, 0.3) is 10.0 Å². The Balaban J connectivity index is 2.36. The summed E-state index contributed by atoms with van der Waals surface area (Å²) in [5, 5.41) is 2.79. The minimum absolute atomic E-state index is 0.164. The van der Waals surface area contributed by atoms with Crippen LogP contribution in [0, 0.1) is 0 Å². The lowest BCUT2D eigenvalue weighted by atomic mass is 10.1. The van der Waals surface area contributed by atoms with Gasteiger partial charge in [0.15, 0.2) is 0 Å². The SMILES string of the molecule is CCc1ccccc1N(CC(=O)NCCN(C)C)S(=O)(=O)c1ccccc1. The molecule has 0 atom stereocenters. The molecule has 0 spiro atoms. The molecule has 0 radical (unpaired) electrons. The number of carbonyl (C=O) groups excluding carboxylic acids is 1. The molecule has 1 amide bonds. The van der Waals surface area contributed by atoms with E-state index in [0.29, 0.717) is 25.2 Å². The van der Waals surface area contributed by atoms with Crippen LogP contribution in [0.5, 0.6) is 0 Å². The first-order valence-electron chi connectivity index (χ1n) is 8.93. The molecule has 0 aromatic heterocycles. The van der Waals surface area contributed by atoms with Crippen molar-refractivity contribution in [2.45, 2.75) is 18.2 Å². The molecule has 0 aliphatic rings. The van der Waals surface area contributed by atoms with Crippen LogP contribution < -0.4 is 9.62 Å². The number of para-hydroxylation sites is 1. The van der Waals surface area contributed by atoms with E-state index < -0.39 is 10.0 Å². The highest BCUT2D eigenvalue weighted by molar-refractivity contribution is 7.92. The largest absolute Gasteiger partial charge is 0.353 e. The number of nitrogens with zero attached hydrogens (tertiary/aromatic N) is 2. The Labute approximate surface area is 161 Å². The number of amides is 1. The minimum Gasteiger partial charge on any atom is -0.353 e. The summed E-state index contributed by atoms with van der Waals surface area (Å²) >= 11 is 0. The molecule has 1 N–H and O–H groups in total. The van der Waals surface area contributed by atoms with Crippen molar-refractivity contribution >= 4 is 21.6 Å². The van der Waals surface area contributed by atoms with Crippen molar-refractivity contribution in [2.24, 2.45) is 0 Å². The first-order valence-corrected chi connectivity index (χ1v) is 10.4. The molecule has 0 aliphatic carbocycles. The summed E-state index contributed by atoms with van der Waals surface area (Å²) in [5.41, 5.74) is 1.41. The molecule has 2 aromatic rings. The van der Waals surface area contributed by atoms with E-state index in [4.69, 9.17) is 0 Å². The van der Waals surface area contributed by atoms with E-state index in [-0.39, 0.29) is 17.3 Å². The number of aryl methyl sites for hydroxylation is 1. The Morgan fingerprint density at radius 3 is 2.26 bits per heavy atom. The summed E-state index contributed by atoms with van der Waals surface area (Å²) in [6.07, 6.45) is 0.666. The molecule has 0 bridgehead atoms. The fourth-order valence-corrected chi connectivity index (χ4v) is 4.16. The van der Waals surface area contributed by atoms with Crippen LogP contribution in [0.1, 0.15) is 12.5 Å². The lowest BCUT2D eigenvalue weighted by Crippen LogP contribution is -2.42. The quantitative estimate of drug-likeness (QED) is 0.713. The van der Waals surface area contributed by atoms with Crippen molar-refractivity contribution in [3.63, 3.8) is 0 Å². The molecule has 0 saturated carbocycles. The zero-order chi connectivity index (χ0) is 19.9. The van der Waals surface area contributed by atoms with E-state index in [2.05, 4.69) is 5.32 Å². The van der Waals surface area contributed by atoms with Gasteiger partial charge in [-0.3, -0.25) is 9.10 Å². The molecular weight excluding hydrogens is 362 g/mol. The third kappa shape index (κ3) is 5.55. The second-order valence-corrected chi connectivity index (χ2v) is 8.32. The van der Waals surface area contributed by atoms with Gasteiger partial charge in [-0.1, -0.05) is 43.3 Å². The second kappa shape index (κ2) is 9.53. The first kappa shape index (κ1) is 20.9. The van der Waals surface area contributed by atoms with Crippen molar-refractivity contribution in [1.29, 1.82) is 0 Å². The van der Waals surface area contributed by atoms with Gasteiger partial charge in [0.1, 0.15) is 6.54 Å². The van der Waals surface area contributed by atoms with Crippen molar-refractivity contribution in [2.75, 3.05) is 38.0 Å². The second-order valence-electron chi connectivity index (χ2n) is 6.46. The van der Waals surface area contributed by atoms with Gasteiger partial charge in [0, 0.05) is 13.1 Å². The Hall–Kier alpha value is -2.38. The van der Waals surface area contributed by atoms with Gasteiger partial charge in [-0.15, -0.1) is 0 Å². The highest BCUT2D eigenvalue weighted by atomic mass is 32.2. The van der Waals surface area contributed by atoms with E-state index in [0.717, 1.165) is 5.56 Å². The van der Waals surface area contributed by atoms with Crippen molar-refractivity contribution in [1.82, 2.24) is 10.2 Å². The van der Waals surface area contributed by atoms with E-state index in [1.165, 1.54) is 4.31 Å². The summed E-state index contributed by atoms with van der Waals surface area (Å²) in [7, 11) is -0.0360. The number of nitrogens with one attached hydrogen (secondary N) is 1. The van der Waals surface area contributed by atoms with Crippen molar-refractivity contribution in [3.05, 3.63) is 60.2 Å². The van der Waals surface area contributed by atoms with Crippen LogP contribution in [-0.4, -0.2) is 53.0 Å². The standard InChI is InChI=1S/C20H27N3O3S/c1-4-17-10-8-9-13-19(17)23(16-20(24)21-14-15-22(2)3)27(25,26)18-11-6-5-7-12-18/h5-13H,4,14-16H2,1-3H3,(H,21,24). The molecule has 0 aliphatic heterocycles. The monoisotopic (exact) mass is 389 g/mol. The molecule has 27 heavy (non-hydrogen) atoms. The van der Waals surface area contributed by atoms with E-state index in [9.17, 15) is 13.2 Å². The Morgan fingerprint density at radius 1 is 1.00 bits per heavy atom. The van der Waals surface area contributed by atoms with Crippen LogP contribution in [0.2, 0.25) is 0 Å². The summed E-state index contributed by atoms with van der Waals surface area (Å²) in [5.74, 6) is -0.331. The fraction of sp³-hybridized carbons (Fsp3) is 0.350. The highest BCUT2D eigenvalue weighted by Crippen LogP contribution is 2.27. The van der Waals surface area contributed by atoms with Crippen LogP contribution in [0.15, 0.2) is 59.5 Å². The van der Waals surface area contributed by atoms with Gasteiger partial charge in [-0.25, -0.2) is 8.42 Å². The van der Waals surface area contributed by atoms with Gasteiger partial charge in [0.2, 0.25) is 5.91 Å². The topological polar surface area (TPSA) is 69.7 Å². The number of sulfonamides is 1. The molecule has 6 nitrogen and oxygen atoms in total. The molecule has 0 fully saturated rings. The summed E-state index contributed by atoms with van der Waals surface area (Å²) in [4.78, 5) is 14.6. The van der Waals surface area contributed by atoms with E-state index in [1.54, 1.807) is 42.5 Å². The minimum atomic E-state index is -3.86.